The highest BCUT2D eigenvalue weighted by Crippen LogP contribution is 2.27. The number of nitrogens with zero attached hydrogens (tertiary/aromatic N) is 2. The fourth-order valence-electron chi connectivity index (χ4n) is 4.06. The van der Waals surface area contributed by atoms with Crippen LogP contribution in [0.3, 0.4) is 0 Å². The van der Waals surface area contributed by atoms with E-state index < -0.39 is 0 Å². The summed E-state index contributed by atoms with van der Waals surface area (Å²) in [5.41, 5.74) is 13.5. The number of rotatable bonds is 8. The molecule has 1 aliphatic heterocycles. The summed E-state index contributed by atoms with van der Waals surface area (Å²) in [6, 6.07) is 30.0. The molecule has 5 rings (SSSR count). The quantitative estimate of drug-likeness (QED) is 0.290. The molecule has 0 saturated heterocycles. The average Bonchev–Trinajstić information content (AvgIpc) is 3.39. The second kappa shape index (κ2) is 11.2. The second-order valence-corrected chi connectivity index (χ2v) is 8.51. The molecule has 180 valence electrons. The van der Waals surface area contributed by atoms with Crippen molar-refractivity contribution in [3.63, 3.8) is 0 Å². The van der Waals surface area contributed by atoms with Gasteiger partial charge in [-0.05, 0) is 41.3 Å². The van der Waals surface area contributed by atoms with E-state index in [1.54, 1.807) is 6.20 Å². The van der Waals surface area contributed by atoms with Crippen molar-refractivity contribution in [1.29, 1.82) is 0 Å². The molecule has 4 N–H and O–H groups in total. The fourth-order valence-corrected chi connectivity index (χ4v) is 4.06. The zero-order valence-corrected chi connectivity index (χ0v) is 19.8. The van der Waals surface area contributed by atoms with Gasteiger partial charge in [-0.15, -0.1) is 5.53 Å². The van der Waals surface area contributed by atoms with E-state index in [0.717, 1.165) is 41.0 Å². The Balaban J connectivity index is 1.10. The normalized spacial score (nSPS) is 12.6. The van der Waals surface area contributed by atoms with Crippen LogP contribution in [0.4, 0.5) is 10.5 Å². The SMILES string of the molecule is O=C(NCCc1ccc(CN2C=C(c3cccnc3)NN2)cc1)Nc1ccccc1-c1ccccc1. The summed E-state index contributed by atoms with van der Waals surface area (Å²) in [4.78, 5) is 16.7. The minimum Gasteiger partial charge on any atom is -0.338 e. The third-order valence-corrected chi connectivity index (χ3v) is 5.93. The Labute approximate surface area is 210 Å². The monoisotopic (exact) mass is 476 g/mol. The molecule has 2 heterocycles. The van der Waals surface area contributed by atoms with Gasteiger partial charge >= 0.3 is 6.03 Å². The van der Waals surface area contributed by atoms with Gasteiger partial charge in [0.2, 0.25) is 0 Å². The Kier molecular flexibility index (Phi) is 7.20. The van der Waals surface area contributed by atoms with Crippen molar-refractivity contribution in [2.24, 2.45) is 0 Å². The lowest BCUT2D eigenvalue weighted by molar-refractivity contribution is 0.252. The molecule has 0 aliphatic carbocycles. The number of hydrazine groups is 2. The summed E-state index contributed by atoms with van der Waals surface area (Å²) in [5.74, 6) is 0. The van der Waals surface area contributed by atoms with Crippen LogP contribution in [0.5, 0.6) is 0 Å². The Morgan fingerprint density at radius 3 is 2.39 bits per heavy atom. The maximum absolute atomic E-state index is 12.5. The van der Waals surface area contributed by atoms with Crippen LogP contribution in [0.15, 0.2) is 110 Å². The number of anilines is 1. The molecule has 0 spiro atoms. The largest absolute Gasteiger partial charge is 0.338 e. The standard InChI is InChI=1S/C29H28N6O/c36-29(32-27-11-5-4-10-26(27)24-7-2-1-3-8-24)31-18-16-22-12-14-23(15-13-22)20-35-21-28(33-34-35)25-9-6-17-30-19-25/h1-15,17,19,21,33-34H,16,18,20H2,(H2,31,32,36). The van der Waals surface area contributed by atoms with E-state index in [1.807, 2.05) is 84.1 Å². The van der Waals surface area contributed by atoms with Crippen molar-refractivity contribution >= 4 is 17.4 Å². The van der Waals surface area contributed by atoms with Crippen LogP contribution in [0.25, 0.3) is 16.8 Å². The molecule has 4 aromatic rings. The number of urea groups is 1. The van der Waals surface area contributed by atoms with E-state index in [9.17, 15) is 4.79 Å². The number of nitrogens with one attached hydrogen (secondary N) is 4. The van der Waals surface area contributed by atoms with Gasteiger partial charge < -0.3 is 16.1 Å². The van der Waals surface area contributed by atoms with Crippen molar-refractivity contribution in [2.75, 3.05) is 11.9 Å². The first kappa shape index (κ1) is 23.1. The first-order chi connectivity index (χ1) is 17.7. The molecule has 2 amide bonds. The molecule has 1 aliphatic rings. The summed E-state index contributed by atoms with van der Waals surface area (Å²) >= 11 is 0. The first-order valence-corrected chi connectivity index (χ1v) is 11.9. The molecule has 36 heavy (non-hydrogen) atoms. The van der Waals surface area contributed by atoms with Crippen LogP contribution in [0.1, 0.15) is 16.7 Å². The van der Waals surface area contributed by atoms with Crippen molar-refractivity contribution in [2.45, 2.75) is 13.0 Å². The van der Waals surface area contributed by atoms with Crippen molar-refractivity contribution < 1.29 is 4.79 Å². The summed E-state index contributed by atoms with van der Waals surface area (Å²) in [6.07, 6.45) is 6.37. The number of hydrogen-bond acceptors (Lipinski definition) is 5. The van der Waals surface area contributed by atoms with Crippen LogP contribution in [0, 0.1) is 0 Å². The maximum atomic E-state index is 12.5. The van der Waals surface area contributed by atoms with Gasteiger partial charge in [-0.3, -0.25) is 9.99 Å². The number of hydrogen-bond donors (Lipinski definition) is 4. The van der Waals surface area contributed by atoms with Crippen molar-refractivity contribution in [3.05, 3.63) is 126 Å². The molecular formula is C29H28N6O. The minimum atomic E-state index is -0.209. The molecule has 0 bridgehead atoms. The summed E-state index contributed by atoms with van der Waals surface area (Å²) in [5, 5.41) is 7.94. The van der Waals surface area contributed by atoms with Crippen LogP contribution in [0.2, 0.25) is 0 Å². The Morgan fingerprint density at radius 2 is 1.58 bits per heavy atom. The predicted molar refractivity (Wildman–Crippen MR) is 143 cm³/mol. The molecular weight excluding hydrogens is 448 g/mol. The molecule has 7 nitrogen and oxygen atoms in total. The molecule has 0 unspecified atom stereocenters. The number of carbonyl (C=O) groups excluding carboxylic acids is 1. The Morgan fingerprint density at radius 1 is 0.833 bits per heavy atom. The van der Waals surface area contributed by atoms with Gasteiger partial charge in [0.1, 0.15) is 0 Å². The molecule has 7 heteroatoms. The molecule has 0 radical (unpaired) electrons. The molecule has 0 saturated carbocycles. The van der Waals surface area contributed by atoms with Crippen molar-refractivity contribution in [1.82, 2.24) is 26.3 Å². The number of aromatic nitrogens is 1. The van der Waals surface area contributed by atoms with E-state index in [4.69, 9.17) is 0 Å². The van der Waals surface area contributed by atoms with E-state index in [0.29, 0.717) is 6.54 Å². The minimum absolute atomic E-state index is 0.209. The smallest absolute Gasteiger partial charge is 0.319 e. The van der Waals surface area contributed by atoms with Crippen LogP contribution in [-0.4, -0.2) is 22.6 Å². The van der Waals surface area contributed by atoms with Gasteiger partial charge in [0, 0.05) is 36.3 Å². The third kappa shape index (κ3) is 5.89. The number of para-hydroxylation sites is 1. The van der Waals surface area contributed by atoms with Gasteiger partial charge in [-0.2, -0.15) is 0 Å². The molecule has 0 fully saturated rings. The van der Waals surface area contributed by atoms with Gasteiger partial charge in [-0.25, -0.2) is 4.79 Å². The highest BCUT2D eigenvalue weighted by molar-refractivity contribution is 5.94. The highest BCUT2D eigenvalue weighted by Gasteiger charge is 2.13. The zero-order valence-electron chi connectivity index (χ0n) is 19.8. The topological polar surface area (TPSA) is 81.3 Å². The predicted octanol–water partition coefficient (Wildman–Crippen LogP) is 4.94. The lowest BCUT2D eigenvalue weighted by atomic mass is 10.0. The highest BCUT2D eigenvalue weighted by atomic mass is 16.2. The van der Waals surface area contributed by atoms with E-state index in [-0.39, 0.29) is 6.03 Å². The number of amides is 2. The average molecular weight is 477 g/mol. The molecule has 3 aromatic carbocycles. The number of benzene rings is 3. The fraction of sp³-hybridized carbons (Fsp3) is 0.103. The summed E-state index contributed by atoms with van der Waals surface area (Å²) < 4.78 is 0. The van der Waals surface area contributed by atoms with Crippen LogP contribution >= 0.6 is 0 Å². The van der Waals surface area contributed by atoms with Gasteiger partial charge in [-0.1, -0.05) is 72.8 Å². The summed E-state index contributed by atoms with van der Waals surface area (Å²) in [6.45, 7) is 1.27. The van der Waals surface area contributed by atoms with Gasteiger partial charge in [0.05, 0.1) is 17.9 Å². The first-order valence-electron chi connectivity index (χ1n) is 11.9. The lowest BCUT2D eigenvalue weighted by Crippen LogP contribution is -2.35. The summed E-state index contributed by atoms with van der Waals surface area (Å²) in [7, 11) is 0. The second-order valence-electron chi connectivity index (χ2n) is 8.51. The number of carbonyl (C=O) groups is 1. The number of pyridine rings is 1. The lowest BCUT2D eigenvalue weighted by Gasteiger charge is -2.15. The van der Waals surface area contributed by atoms with Gasteiger partial charge in [0.15, 0.2) is 0 Å². The van der Waals surface area contributed by atoms with Crippen LogP contribution < -0.4 is 21.6 Å². The van der Waals surface area contributed by atoms with E-state index >= 15 is 0 Å². The van der Waals surface area contributed by atoms with E-state index in [2.05, 4.69) is 50.8 Å². The third-order valence-electron chi connectivity index (χ3n) is 5.93. The Hall–Kier alpha value is -4.62. The zero-order chi connectivity index (χ0) is 24.6. The molecule has 0 atom stereocenters. The Bertz CT molecular complexity index is 1320. The van der Waals surface area contributed by atoms with E-state index in [1.165, 1.54) is 11.1 Å². The molecule has 1 aromatic heterocycles. The maximum Gasteiger partial charge on any atom is 0.319 e. The van der Waals surface area contributed by atoms with Crippen LogP contribution in [-0.2, 0) is 13.0 Å². The van der Waals surface area contributed by atoms with Crippen molar-refractivity contribution in [3.8, 4) is 11.1 Å². The van der Waals surface area contributed by atoms with Gasteiger partial charge in [0.25, 0.3) is 0 Å².